The molecule has 2 nitrogen and oxygen atoms in total. The van der Waals surface area contributed by atoms with Crippen LogP contribution in [0, 0.1) is 0 Å². The molecule has 2 aromatic heterocycles. The van der Waals surface area contributed by atoms with Crippen LogP contribution < -0.4 is 0 Å². The largest absolute Gasteiger partial charge is 0.265 e. The first-order valence-corrected chi connectivity index (χ1v) is 4.99. The Balaban J connectivity index is 2.11. The van der Waals surface area contributed by atoms with Crippen molar-refractivity contribution in [1.29, 1.82) is 0 Å². The first-order chi connectivity index (χ1) is 7.43. The second kappa shape index (κ2) is 3.31. The molecule has 0 fully saturated rings. The third-order valence-electron chi connectivity index (χ3n) is 2.63. The monoisotopic (exact) mass is 194 g/mol. The lowest BCUT2D eigenvalue weighted by Crippen LogP contribution is -1.89. The van der Waals surface area contributed by atoms with Gasteiger partial charge in [0.05, 0.1) is 5.69 Å². The molecule has 1 aliphatic rings. The maximum atomic E-state index is 4.45. The predicted molar refractivity (Wildman–Crippen MR) is 60.2 cm³/mol. The highest BCUT2D eigenvalue weighted by Crippen LogP contribution is 2.24. The summed E-state index contributed by atoms with van der Waals surface area (Å²) in [5, 5.41) is 0. The van der Waals surface area contributed by atoms with E-state index in [4.69, 9.17) is 0 Å². The summed E-state index contributed by atoms with van der Waals surface area (Å²) in [6.45, 7) is 0. The smallest absolute Gasteiger partial charge is 0.0513 e. The molecule has 2 heteroatoms. The summed E-state index contributed by atoms with van der Waals surface area (Å²) in [7, 11) is 0. The summed E-state index contributed by atoms with van der Waals surface area (Å²) in [6, 6.07) is 6.19. The molecule has 0 aromatic carbocycles. The first kappa shape index (κ1) is 8.36. The Morgan fingerprint density at radius 3 is 2.80 bits per heavy atom. The van der Waals surface area contributed by atoms with Gasteiger partial charge in [0.25, 0.3) is 0 Å². The molecule has 2 heterocycles. The zero-order chi connectivity index (χ0) is 10.1. The number of nitrogens with zero attached hydrogens (tertiary/aromatic N) is 2. The molecular weight excluding hydrogens is 184 g/mol. The van der Waals surface area contributed by atoms with Gasteiger partial charge in [-0.1, -0.05) is 12.2 Å². The maximum Gasteiger partial charge on any atom is 0.0513 e. The zero-order valence-corrected chi connectivity index (χ0v) is 8.22. The highest BCUT2D eigenvalue weighted by molar-refractivity contribution is 5.68. The molecule has 1 aliphatic carbocycles. The van der Waals surface area contributed by atoms with Crippen LogP contribution in [0.3, 0.4) is 0 Å². The minimum Gasteiger partial charge on any atom is -0.265 e. The van der Waals surface area contributed by atoms with Crippen LogP contribution in [0.2, 0.25) is 0 Å². The number of fused-ring (bicyclic) bond motifs is 1. The average Bonchev–Trinajstić information content (AvgIpc) is 2.77. The summed E-state index contributed by atoms with van der Waals surface area (Å²) in [5.74, 6) is 0. The van der Waals surface area contributed by atoms with E-state index in [0.29, 0.717) is 0 Å². The number of rotatable bonds is 1. The Morgan fingerprint density at radius 2 is 1.93 bits per heavy atom. The van der Waals surface area contributed by atoms with Gasteiger partial charge in [0.1, 0.15) is 0 Å². The molecule has 0 radical (unpaired) electrons. The van der Waals surface area contributed by atoms with Crippen molar-refractivity contribution in [2.75, 3.05) is 0 Å². The van der Waals surface area contributed by atoms with Crippen LogP contribution in [0.4, 0.5) is 0 Å². The molecule has 0 unspecified atom stereocenters. The van der Waals surface area contributed by atoms with Crippen molar-refractivity contribution >= 4 is 6.08 Å². The first-order valence-electron chi connectivity index (χ1n) is 4.99. The Hall–Kier alpha value is -1.96. The SMILES string of the molecule is C1=Cc2cc(-c3ccncc3)cnc2C1. The molecule has 0 bridgehead atoms. The van der Waals surface area contributed by atoms with Crippen LogP contribution >= 0.6 is 0 Å². The van der Waals surface area contributed by atoms with Crippen LogP contribution in [-0.4, -0.2) is 9.97 Å². The molecule has 0 atom stereocenters. The van der Waals surface area contributed by atoms with E-state index in [1.54, 1.807) is 12.4 Å². The van der Waals surface area contributed by atoms with Crippen LogP contribution in [-0.2, 0) is 6.42 Å². The molecule has 0 saturated carbocycles. The molecule has 2 aromatic rings. The van der Waals surface area contributed by atoms with Gasteiger partial charge in [-0.05, 0) is 29.3 Å². The summed E-state index contributed by atoms with van der Waals surface area (Å²) >= 11 is 0. The van der Waals surface area contributed by atoms with E-state index in [-0.39, 0.29) is 0 Å². The topological polar surface area (TPSA) is 25.8 Å². The lowest BCUT2D eigenvalue weighted by molar-refractivity contribution is 1.13. The normalized spacial score (nSPS) is 12.8. The molecule has 0 saturated heterocycles. The quantitative estimate of drug-likeness (QED) is 0.697. The Morgan fingerprint density at radius 1 is 1.07 bits per heavy atom. The van der Waals surface area contributed by atoms with E-state index in [1.165, 1.54) is 16.8 Å². The van der Waals surface area contributed by atoms with E-state index in [2.05, 4.69) is 28.2 Å². The van der Waals surface area contributed by atoms with E-state index < -0.39 is 0 Å². The third-order valence-corrected chi connectivity index (χ3v) is 2.63. The third kappa shape index (κ3) is 1.44. The Bertz CT molecular complexity index is 515. The average molecular weight is 194 g/mol. The van der Waals surface area contributed by atoms with Crippen molar-refractivity contribution in [3.8, 4) is 11.1 Å². The highest BCUT2D eigenvalue weighted by atomic mass is 14.7. The fourth-order valence-electron chi connectivity index (χ4n) is 1.82. The lowest BCUT2D eigenvalue weighted by Gasteiger charge is -2.03. The van der Waals surface area contributed by atoms with Gasteiger partial charge >= 0.3 is 0 Å². The van der Waals surface area contributed by atoms with Crippen LogP contribution in [0.15, 0.2) is 42.9 Å². The fraction of sp³-hybridized carbons (Fsp3) is 0.0769. The van der Waals surface area contributed by atoms with Crippen molar-refractivity contribution in [2.45, 2.75) is 6.42 Å². The fourth-order valence-corrected chi connectivity index (χ4v) is 1.82. The van der Waals surface area contributed by atoms with E-state index in [9.17, 15) is 0 Å². The minimum atomic E-state index is 0.964. The standard InChI is InChI=1S/C13H10N2/c1-2-11-8-12(9-15-13(11)3-1)10-4-6-14-7-5-10/h1-2,4-9H,3H2. The molecule has 3 rings (SSSR count). The summed E-state index contributed by atoms with van der Waals surface area (Å²) in [4.78, 5) is 8.46. The maximum absolute atomic E-state index is 4.45. The molecule has 72 valence electrons. The van der Waals surface area contributed by atoms with Crippen LogP contribution in [0.1, 0.15) is 11.3 Å². The molecular formula is C13H10N2. The van der Waals surface area contributed by atoms with E-state index in [1.807, 2.05) is 18.3 Å². The molecule has 15 heavy (non-hydrogen) atoms. The van der Waals surface area contributed by atoms with Crippen molar-refractivity contribution in [3.63, 3.8) is 0 Å². The van der Waals surface area contributed by atoms with Crippen LogP contribution in [0.5, 0.6) is 0 Å². The molecule has 0 amide bonds. The second-order valence-corrected chi connectivity index (χ2v) is 3.60. The summed E-state index contributed by atoms with van der Waals surface area (Å²) in [5.41, 5.74) is 4.74. The number of allylic oxidation sites excluding steroid dienone is 1. The van der Waals surface area contributed by atoms with E-state index in [0.717, 1.165) is 12.0 Å². The number of hydrogen-bond acceptors (Lipinski definition) is 2. The van der Waals surface area contributed by atoms with Crippen molar-refractivity contribution < 1.29 is 0 Å². The molecule has 0 aliphatic heterocycles. The molecule has 0 spiro atoms. The van der Waals surface area contributed by atoms with Gasteiger partial charge in [-0.3, -0.25) is 9.97 Å². The van der Waals surface area contributed by atoms with Gasteiger partial charge in [0, 0.05) is 30.6 Å². The number of hydrogen-bond donors (Lipinski definition) is 0. The minimum absolute atomic E-state index is 0.964. The van der Waals surface area contributed by atoms with Gasteiger partial charge in [-0.25, -0.2) is 0 Å². The predicted octanol–water partition coefficient (Wildman–Crippen LogP) is 2.71. The van der Waals surface area contributed by atoms with Crippen molar-refractivity contribution in [1.82, 2.24) is 9.97 Å². The van der Waals surface area contributed by atoms with Crippen LogP contribution in [0.25, 0.3) is 17.2 Å². The summed E-state index contributed by atoms with van der Waals surface area (Å²) in [6.07, 6.45) is 10.8. The number of pyridine rings is 2. The Kier molecular flexibility index (Phi) is 1.85. The van der Waals surface area contributed by atoms with Gasteiger partial charge in [-0.2, -0.15) is 0 Å². The lowest BCUT2D eigenvalue weighted by atomic mass is 10.1. The van der Waals surface area contributed by atoms with Gasteiger partial charge in [0.2, 0.25) is 0 Å². The van der Waals surface area contributed by atoms with Crippen molar-refractivity contribution in [3.05, 3.63) is 54.1 Å². The van der Waals surface area contributed by atoms with Gasteiger partial charge in [0.15, 0.2) is 0 Å². The van der Waals surface area contributed by atoms with Gasteiger partial charge < -0.3 is 0 Å². The van der Waals surface area contributed by atoms with Crippen molar-refractivity contribution in [2.24, 2.45) is 0 Å². The van der Waals surface area contributed by atoms with Gasteiger partial charge in [-0.15, -0.1) is 0 Å². The second-order valence-electron chi connectivity index (χ2n) is 3.60. The Labute approximate surface area is 88.3 Å². The van der Waals surface area contributed by atoms with E-state index >= 15 is 0 Å². The molecule has 0 N–H and O–H groups in total. The number of aromatic nitrogens is 2. The zero-order valence-electron chi connectivity index (χ0n) is 8.22. The summed E-state index contributed by atoms with van der Waals surface area (Å²) < 4.78 is 0. The highest BCUT2D eigenvalue weighted by Gasteiger charge is 2.07.